The van der Waals surface area contributed by atoms with Crippen LogP contribution < -0.4 is 4.90 Å². The summed E-state index contributed by atoms with van der Waals surface area (Å²) < 4.78 is 0. The van der Waals surface area contributed by atoms with Gasteiger partial charge in [0.25, 0.3) is 0 Å². The lowest BCUT2D eigenvalue weighted by Crippen LogP contribution is -2.13. The third-order valence-corrected chi connectivity index (χ3v) is 1.45. The molecule has 0 amide bonds. The molecule has 69 valence electrons. The summed E-state index contributed by atoms with van der Waals surface area (Å²) in [5.41, 5.74) is 0.148. The fourth-order valence-corrected chi connectivity index (χ4v) is 0.785. The van der Waals surface area contributed by atoms with E-state index in [1.165, 1.54) is 0 Å². The van der Waals surface area contributed by atoms with E-state index >= 15 is 0 Å². The molecule has 1 heterocycles. The largest absolute Gasteiger partial charge is 0.347 e. The van der Waals surface area contributed by atoms with E-state index in [-0.39, 0.29) is 5.69 Å². The monoisotopic (exact) mass is 181 g/mol. The smallest absolute Gasteiger partial charge is 0.318 e. The molecule has 0 saturated carbocycles. The highest BCUT2D eigenvalue weighted by Crippen LogP contribution is 2.14. The van der Waals surface area contributed by atoms with Crippen molar-refractivity contribution in [1.29, 1.82) is 0 Å². The minimum absolute atomic E-state index is 0.175. The number of aromatic nitrogens is 2. The summed E-state index contributed by atoms with van der Waals surface area (Å²) in [4.78, 5) is 19.1. The fraction of sp³-hybridized carbons (Fsp3) is 0.429. The van der Waals surface area contributed by atoms with Crippen molar-refractivity contribution in [2.45, 2.75) is 6.92 Å². The summed E-state index contributed by atoms with van der Waals surface area (Å²) in [5.74, 6) is 0.420. The standard InChI is InChI=1S/C7H9N4O2/c1-5-6(11(12)13)4-8-7(9-5)10(2)3/h1-3H3. The third kappa shape index (κ3) is 1.90. The van der Waals surface area contributed by atoms with Gasteiger partial charge in [0, 0.05) is 14.1 Å². The van der Waals surface area contributed by atoms with E-state index in [0.717, 1.165) is 0 Å². The first-order chi connectivity index (χ1) is 6.02. The van der Waals surface area contributed by atoms with Gasteiger partial charge in [-0.3, -0.25) is 10.1 Å². The molecule has 0 saturated heterocycles. The van der Waals surface area contributed by atoms with Gasteiger partial charge in [-0.15, -0.1) is 0 Å². The molecule has 0 fully saturated rings. The first kappa shape index (κ1) is 9.37. The van der Waals surface area contributed by atoms with Crippen LogP contribution >= 0.6 is 0 Å². The Kier molecular flexibility index (Phi) is 2.41. The molecule has 1 radical (unpaired) electrons. The third-order valence-electron chi connectivity index (χ3n) is 1.45. The highest BCUT2D eigenvalue weighted by Gasteiger charge is 2.14. The fourth-order valence-electron chi connectivity index (χ4n) is 0.785. The average Bonchev–Trinajstić information content (AvgIpc) is 2.03. The van der Waals surface area contributed by atoms with E-state index in [0.29, 0.717) is 11.6 Å². The van der Waals surface area contributed by atoms with Gasteiger partial charge in [-0.2, -0.15) is 0 Å². The molecular weight excluding hydrogens is 172 g/mol. The van der Waals surface area contributed by atoms with E-state index < -0.39 is 4.92 Å². The predicted molar refractivity (Wildman–Crippen MR) is 46.6 cm³/mol. The molecule has 0 unspecified atom stereocenters. The maximum Gasteiger partial charge on any atom is 0.318 e. The van der Waals surface area contributed by atoms with E-state index in [4.69, 9.17) is 0 Å². The summed E-state index contributed by atoms with van der Waals surface area (Å²) in [6.45, 7) is 1.56. The van der Waals surface area contributed by atoms with Crippen LogP contribution in [0.25, 0.3) is 0 Å². The van der Waals surface area contributed by atoms with Gasteiger partial charge in [-0.25, -0.2) is 9.97 Å². The molecule has 6 nitrogen and oxygen atoms in total. The topological polar surface area (TPSA) is 72.2 Å². The maximum absolute atomic E-state index is 10.4. The zero-order valence-electron chi connectivity index (χ0n) is 7.61. The first-order valence-electron chi connectivity index (χ1n) is 3.60. The Balaban J connectivity index is 3.13. The Labute approximate surface area is 75.4 Å². The second kappa shape index (κ2) is 3.34. The van der Waals surface area contributed by atoms with Crippen LogP contribution in [-0.4, -0.2) is 29.0 Å². The molecule has 1 aromatic heterocycles. The quantitative estimate of drug-likeness (QED) is 0.492. The highest BCUT2D eigenvalue weighted by atomic mass is 16.6. The van der Waals surface area contributed by atoms with Gasteiger partial charge in [0.2, 0.25) is 5.95 Å². The maximum atomic E-state index is 10.4. The lowest BCUT2D eigenvalue weighted by atomic mass is 10.4. The van der Waals surface area contributed by atoms with Crippen LogP contribution in [0.4, 0.5) is 11.6 Å². The lowest BCUT2D eigenvalue weighted by molar-refractivity contribution is -0.386. The second-order valence-corrected chi connectivity index (χ2v) is 2.72. The molecule has 0 aromatic carbocycles. The molecule has 0 aliphatic rings. The SMILES string of the molecule is Cc1nc(N(C)C)n[c]c1[N+](=O)[O-]. The number of hydrogen-bond acceptors (Lipinski definition) is 5. The zero-order chi connectivity index (χ0) is 10.0. The summed E-state index contributed by atoms with van der Waals surface area (Å²) in [6.07, 6.45) is 2.33. The predicted octanol–water partition coefficient (Wildman–Crippen LogP) is 0.559. The Morgan fingerprint density at radius 3 is 2.54 bits per heavy atom. The van der Waals surface area contributed by atoms with E-state index in [1.807, 2.05) is 0 Å². The molecule has 0 aliphatic heterocycles. The normalized spacial score (nSPS) is 9.77. The van der Waals surface area contributed by atoms with Crippen LogP contribution in [0.1, 0.15) is 5.69 Å². The second-order valence-electron chi connectivity index (χ2n) is 2.72. The number of aryl methyl sites for hydroxylation is 1. The van der Waals surface area contributed by atoms with Gasteiger partial charge < -0.3 is 4.90 Å². The summed E-state index contributed by atoms with van der Waals surface area (Å²) in [7, 11) is 3.52. The lowest BCUT2D eigenvalue weighted by Gasteiger charge is -2.08. The number of nitro groups is 1. The van der Waals surface area contributed by atoms with Gasteiger partial charge in [0.1, 0.15) is 5.69 Å². The van der Waals surface area contributed by atoms with Gasteiger partial charge in [0.15, 0.2) is 6.20 Å². The summed E-state index contributed by atoms with van der Waals surface area (Å²) >= 11 is 0. The van der Waals surface area contributed by atoms with Crippen LogP contribution in [0.15, 0.2) is 0 Å². The molecule has 0 atom stereocenters. The number of hydrogen-bond donors (Lipinski definition) is 0. The average molecular weight is 181 g/mol. The molecule has 0 N–H and O–H groups in total. The highest BCUT2D eigenvalue weighted by molar-refractivity contribution is 5.37. The molecule has 1 rings (SSSR count). The molecular formula is C7H9N4O2. The van der Waals surface area contributed by atoms with Crippen LogP contribution in [0.3, 0.4) is 0 Å². The van der Waals surface area contributed by atoms with Crippen molar-refractivity contribution < 1.29 is 4.92 Å². The van der Waals surface area contributed by atoms with Crippen molar-refractivity contribution in [3.63, 3.8) is 0 Å². The van der Waals surface area contributed by atoms with Crippen molar-refractivity contribution in [2.24, 2.45) is 0 Å². The van der Waals surface area contributed by atoms with E-state index in [2.05, 4.69) is 16.2 Å². The van der Waals surface area contributed by atoms with Gasteiger partial charge in [-0.05, 0) is 6.92 Å². The minimum Gasteiger partial charge on any atom is -0.347 e. The first-order valence-corrected chi connectivity index (χ1v) is 3.60. The Morgan fingerprint density at radius 1 is 1.54 bits per heavy atom. The Bertz CT molecular complexity index is 337. The summed E-state index contributed by atoms with van der Waals surface area (Å²) in [6, 6.07) is 0. The van der Waals surface area contributed by atoms with Crippen molar-refractivity contribution in [3.05, 3.63) is 22.0 Å². The molecule has 0 aliphatic carbocycles. The number of rotatable bonds is 2. The van der Waals surface area contributed by atoms with Gasteiger partial charge in [0.05, 0.1) is 4.92 Å². The van der Waals surface area contributed by atoms with Crippen molar-refractivity contribution in [1.82, 2.24) is 9.97 Å². The van der Waals surface area contributed by atoms with Crippen molar-refractivity contribution in [2.75, 3.05) is 19.0 Å². The van der Waals surface area contributed by atoms with Crippen molar-refractivity contribution in [3.8, 4) is 0 Å². The summed E-state index contributed by atoms with van der Waals surface area (Å²) in [5, 5.41) is 10.4. The van der Waals surface area contributed by atoms with Crippen LogP contribution in [0.5, 0.6) is 0 Å². The van der Waals surface area contributed by atoms with Gasteiger partial charge in [-0.1, -0.05) is 0 Å². The van der Waals surface area contributed by atoms with E-state index in [9.17, 15) is 10.1 Å². The molecule has 0 spiro atoms. The number of anilines is 1. The van der Waals surface area contributed by atoms with Crippen LogP contribution in [0.2, 0.25) is 0 Å². The molecule has 6 heteroatoms. The molecule has 1 aromatic rings. The van der Waals surface area contributed by atoms with Crippen LogP contribution in [0, 0.1) is 23.2 Å². The zero-order valence-corrected chi connectivity index (χ0v) is 7.61. The molecule has 13 heavy (non-hydrogen) atoms. The van der Waals surface area contributed by atoms with Crippen LogP contribution in [-0.2, 0) is 0 Å². The van der Waals surface area contributed by atoms with Crippen molar-refractivity contribution >= 4 is 11.6 Å². The van der Waals surface area contributed by atoms with E-state index in [1.54, 1.807) is 25.9 Å². The van der Waals surface area contributed by atoms with Gasteiger partial charge >= 0.3 is 5.69 Å². The Morgan fingerprint density at radius 2 is 2.15 bits per heavy atom. The minimum atomic E-state index is -0.547. The Hall–Kier alpha value is -1.72. The number of nitrogens with zero attached hydrogens (tertiary/aromatic N) is 4. The molecule has 0 bridgehead atoms.